The summed E-state index contributed by atoms with van der Waals surface area (Å²) in [6, 6.07) is 8.92. The molecule has 2 aliphatic heterocycles. The molecule has 1 aromatic rings. The van der Waals surface area contributed by atoms with Crippen LogP contribution in [0.25, 0.3) is 0 Å². The van der Waals surface area contributed by atoms with Crippen molar-refractivity contribution in [1.82, 2.24) is 9.80 Å². The number of morpholine rings is 1. The van der Waals surface area contributed by atoms with E-state index in [2.05, 4.69) is 21.9 Å². The SMILES string of the molecule is OCCOc1cccc(CN2CCCC[C@@H]2CN2CCOCC2)c1. The summed E-state index contributed by atoms with van der Waals surface area (Å²) in [7, 11) is 0. The maximum atomic E-state index is 8.90. The van der Waals surface area contributed by atoms with Gasteiger partial charge in [-0.2, -0.15) is 0 Å². The molecule has 0 aliphatic carbocycles. The van der Waals surface area contributed by atoms with E-state index in [9.17, 15) is 0 Å². The molecule has 1 aromatic carbocycles. The fourth-order valence-corrected chi connectivity index (χ4v) is 3.69. The van der Waals surface area contributed by atoms with Crippen LogP contribution >= 0.6 is 0 Å². The highest BCUT2D eigenvalue weighted by atomic mass is 16.5. The molecule has 2 fully saturated rings. The van der Waals surface area contributed by atoms with E-state index in [1.54, 1.807) is 0 Å². The minimum absolute atomic E-state index is 0.0535. The van der Waals surface area contributed by atoms with Crippen molar-refractivity contribution < 1.29 is 14.6 Å². The van der Waals surface area contributed by atoms with E-state index < -0.39 is 0 Å². The van der Waals surface area contributed by atoms with Gasteiger partial charge in [0.25, 0.3) is 0 Å². The quantitative estimate of drug-likeness (QED) is 0.823. The van der Waals surface area contributed by atoms with Crippen molar-refractivity contribution in [1.29, 1.82) is 0 Å². The summed E-state index contributed by atoms with van der Waals surface area (Å²) >= 11 is 0. The Bertz CT molecular complexity index is 491. The lowest BCUT2D eigenvalue weighted by atomic mass is 10.0. The molecule has 0 radical (unpaired) electrons. The van der Waals surface area contributed by atoms with Gasteiger partial charge in [0.1, 0.15) is 12.4 Å². The lowest BCUT2D eigenvalue weighted by molar-refractivity contribution is 0.0153. The maximum absolute atomic E-state index is 8.90. The Balaban J connectivity index is 1.58. The topological polar surface area (TPSA) is 45.2 Å². The average molecular weight is 334 g/mol. The van der Waals surface area contributed by atoms with Crippen molar-refractivity contribution in [3.63, 3.8) is 0 Å². The summed E-state index contributed by atoms with van der Waals surface area (Å²) in [5.41, 5.74) is 1.29. The monoisotopic (exact) mass is 334 g/mol. The van der Waals surface area contributed by atoms with Crippen LogP contribution in [0, 0.1) is 0 Å². The van der Waals surface area contributed by atoms with Crippen molar-refractivity contribution >= 4 is 0 Å². The third kappa shape index (κ3) is 5.18. The maximum Gasteiger partial charge on any atom is 0.119 e. The van der Waals surface area contributed by atoms with Gasteiger partial charge >= 0.3 is 0 Å². The number of piperidine rings is 1. The van der Waals surface area contributed by atoms with Gasteiger partial charge in [0.2, 0.25) is 0 Å². The molecule has 0 amide bonds. The molecular formula is C19H30N2O3. The van der Waals surface area contributed by atoms with Crippen LogP contribution in [0.15, 0.2) is 24.3 Å². The number of aliphatic hydroxyl groups is 1. The Labute approximate surface area is 145 Å². The number of rotatable bonds is 7. The second kappa shape index (κ2) is 9.37. The van der Waals surface area contributed by atoms with E-state index in [4.69, 9.17) is 14.6 Å². The van der Waals surface area contributed by atoms with Crippen LogP contribution in [0.1, 0.15) is 24.8 Å². The Morgan fingerprint density at radius 3 is 2.88 bits per heavy atom. The van der Waals surface area contributed by atoms with Crippen molar-refractivity contribution in [2.24, 2.45) is 0 Å². The first kappa shape index (κ1) is 17.7. The van der Waals surface area contributed by atoms with Crippen molar-refractivity contribution in [3.05, 3.63) is 29.8 Å². The van der Waals surface area contributed by atoms with Crippen LogP contribution in [0.3, 0.4) is 0 Å². The minimum Gasteiger partial charge on any atom is -0.491 e. The Hall–Kier alpha value is -1.14. The Morgan fingerprint density at radius 2 is 2.04 bits per heavy atom. The summed E-state index contributed by atoms with van der Waals surface area (Å²) in [5, 5.41) is 8.90. The zero-order valence-corrected chi connectivity index (χ0v) is 14.5. The van der Waals surface area contributed by atoms with Crippen LogP contribution in [-0.4, -0.2) is 73.6 Å². The molecule has 1 atom stereocenters. The summed E-state index contributed by atoms with van der Waals surface area (Å²) in [6.07, 6.45) is 3.92. The van der Waals surface area contributed by atoms with Crippen molar-refractivity contribution in [2.45, 2.75) is 31.8 Å². The van der Waals surface area contributed by atoms with Gasteiger partial charge in [-0.25, -0.2) is 0 Å². The van der Waals surface area contributed by atoms with Crippen LogP contribution in [0.2, 0.25) is 0 Å². The highest BCUT2D eigenvalue weighted by Gasteiger charge is 2.25. The number of likely N-dealkylation sites (tertiary alicyclic amines) is 1. The number of nitrogens with zero attached hydrogens (tertiary/aromatic N) is 2. The molecule has 0 bridgehead atoms. The van der Waals surface area contributed by atoms with E-state index in [0.717, 1.165) is 45.1 Å². The molecular weight excluding hydrogens is 304 g/mol. The summed E-state index contributed by atoms with van der Waals surface area (Å²) in [4.78, 5) is 5.18. The molecule has 1 N–H and O–H groups in total. The third-order valence-electron chi connectivity index (χ3n) is 4.97. The lowest BCUT2D eigenvalue weighted by Gasteiger charge is -2.39. The second-order valence-corrected chi connectivity index (χ2v) is 6.75. The summed E-state index contributed by atoms with van der Waals surface area (Å²) in [5.74, 6) is 0.850. The lowest BCUT2D eigenvalue weighted by Crippen LogP contribution is -2.49. The van der Waals surface area contributed by atoms with Crippen LogP contribution in [0.5, 0.6) is 5.75 Å². The molecule has 5 heteroatoms. The molecule has 24 heavy (non-hydrogen) atoms. The predicted molar refractivity (Wildman–Crippen MR) is 94.3 cm³/mol. The molecule has 2 aliphatic rings. The molecule has 2 heterocycles. The van der Waals surface area contributed by atoms with Crippen LogP contribution in [-0.2, 0) is 11.3 Å². The van der Waals surface area contributed by atoms with E-state index in [0.29, 0.717) is 12.6 Å². The highest BCUT2D eigenvalue weighted by molar-refractivity contribution is 5.28. The zero-order valence-electron chi connectivity index (χ0n) is 14.5. The van der Waals surface area contributed by atoms with Crippen LogP contribution < -0.4 is 4.74 Å². The number of benzene rings is 1. The Kier molecular flexibility index (Phi) is 6.90. The molecule has 3 rings (SSSR count). The van der Waals surface area contributed by atoms with Gasteiger partial charge in [-0.05, 0) is 37.1 Å². The molecule has 0 unspecified atom stereocenters. The van der Waals surface area contributed by atoms with E-state index in [-0.39, 0.29) is 6.61 Å². The minimum atomic E-state index is 0.0535. The molecule has 2 saturated heterocycles. The molecule has 5 nitrogen and oxygen atoms in total. The Morgan fingerprint density at radius 1 is 1.17 bits per heavy atom. The van der Waals surface area contributed by atoms with Crippen LogP contribution in [0.4, 0.5) is 0 Å². The second-order valence-electron chi connectivity index (χ2n) is 6.75. The first-order chi connectivity index (χ1) is 11.8. The highest BCUT2D eigenvalue weighted by Crippen LogP contribution is 2.22. The fraction of sp³-hybridized carbons (Fsp3) is 0.684. The predicted octanol–water partition coefficient (Wildman–Crippen LogP) is 1.74. The van der Waals surface area contributed by atoms with Gasteiger partial charge in [0.15, 0.2) is 0 Å². The standard InChI is InChI=1S/C19H30N2O3/c22-10-13-24-19-6-3-4-17(14-19)15-21-7-2-1-5-18(21)16-20-8-11-23-12-9-20/h3-4,6,14,18,22H,1-2,5,7-13,15-16H2/t18-/m1/s1. The molecule has 0 aromatic heterocycles. The van der Waals surface area contributed by atoms with Crippen molar-refractivity contribution in [2.75, 3.05) is 52.6 Å². The van der Waals surface area contributed by atoms with E-state index in [1.165, 1.54) is 31.4 Å². The summed E-state index contributed by atoms with van der Waals surface area (Å²) < 4.78 is 11.0. The zero-order chi connectivity index (χ0) is 16.6. The van der Waals surface area contributed by atoms with E-state index in [1.807, 2.05) is 12.1 Å². The van der Waals surface area contributed by atoms with E-state index >= 15 is 0 Å². The number of hydrogen-bond donors (Lipinski definition) is 1. The number of ether oxygens (including phenoxy) is 2. The normalized spacial score (nSPS) is 23.3. The smallest absolute Gasteiger partial charge is 0.119 e. The third-order valence-corrected chi connectivity index (χ3v) is 4.97. The number of hydrogen-bond acceptors (Lipinski definition) is 5. The van der Waals surface area contributed by atoms with Gasteiger partial charge in [-0.1, -0.05) is 18.6 Å². The van der Waals surface area contributed by atoms with Crippen molar-refractivity contribution in [3.8, 4) is 5.75 Å². The van der Waals surface area contributed by atoms with Gasteiger partial charge < -0.3 is 14.6 Å². The van der Waals surface area contributed by atoms with Gasteiger partial charge in [-0.3, -0.25) is 9.80 Å². The van der Waals surface area contributed by atoms with Gasteiger partial charge in [0, 0.05) is 32.2 Å². The summed E-state index contributed by atoms with van der Waals surface area (Å²) in [6.45, 7) is 7.59. The molecule has 0 spiro atoms. The first-order valence-corrected chi connectivity index (χ1v) is 9.22. The average Bonchev–Trinajstić information content (AvgIpc) is 2.63. The van der Waals surface area contributed by atoms with Gasteiger partial charge in [-0.15, -0.1) is 0 Å². The molecule has 134 valence electrons. The number of aliphatic hydroxyl groups excluding tert-OH is 1. The fourth-order valence-electron chi connectivity index (χ4n) is 3.69. The first-order valence-electron chi connectivity index (χ1n) is 9.22. The largest absolute Gasteiger partial charge is 0.491 e. The molecule has 0 saturated carbocycles. The van der Waals surface area contributed by atoms with Gasteiger partial charge in [0.05, 0.1) is 19.8 Å².